The Bertz CT molecular complexity index is 1790. The van der Waals surface area contributed by atoms with E-state index in [4.69, 9.17) is 0 Å². The second kappa shape index (κ2) is 8.85. The number of fused-ring (bicyclic) bond motifs is 8. The van der Waals surface area contributed by atoms with Gasteiger partial charge in [0.1, 0.15) is 4.90 Å². The Balaban J connectivity index is 0.00000253. The van der Waals surface area contributed by atoms with E-state index in [-0.39, 0.29) is 29.9 Å². The SMILES string of the molecule is O=S(=O)(O)c1c(-c2ccccc2)c2cc3nc(cc4ccc(cc5nc(cc1[nH]2)C=C5)[nH]4)C=C3.[Zn]. The van der Waals surface area contributed by atoms with Crippen LogP contribution in [0.25, 0.3) is 57.5 Å². The summed E-state index contributed by atoms with van der Waals surface area (Å²) in [6.45, 7) is 0. The van der Waals surface area contributed by atoms with Gasteiger partial charge in [0.2, 0.25) is 0 Å². The molecule has 2 aliphatic heterocycles. The van der Waals surface area contributed by atoms with Crippen molar-refractivity contribution in [2.24, 2.45) is 0 Å². The molecule has 8 bridgehead atoms. The van der Waals surface area contributed by atoms with E-state index in [2.05, 4.69) is 19.9 Å². The molecule has 168 valence electrons. The van der Waals surface area contributed by atoms with Crippen molar-refractivity contribution in [3.63, 3.8) is 0 Å². The average Bonchev–Trinajstić information content (AvgIpc) is 3.58. The molecule has 3 N–H and O–H groups in total. The first-order chi connectivity index (χ1) is 16.4. The first-order valence-electron chi connectivity index (χ1n) is 10.6. The summed E-state index contributed by atoms with van der Waals surface area (Å²) < 4.78 is 35.4. The zero-order chi connectivity index (χ0) is 23.3. The van der Waals surface area contributed by atoms with Crippen LogP contribution < -0.4 is 0 Å². The minimum absolute atomic E-state index is 0. The standard InChI is InChI=1S/C26H18N4O3S.Zn/c31-34(32,33)26-24-15-22-11-9-20(29-22)13-18-7-6-17(27-18)12-19-8-10-21(28-19)14-23(30-24)25(26)16-4-2-1-3-5-16;/h1-15,27,30H,(H,31,32,33);. The number of aromatic amines is 2. The van der Waals surface area contributed by atoms with Crippen molar-refractivity contribution >= 4 is 56.5 Å². The second-order valence-electron chi connectivity index (χ2n) is 8.03. The second-order valence-corrected chi connectivity index (χ2v) is 9.39. The molecule has 9 heteroatoms. The number of aromatic nitrogens is 4. The van der Waals surface area contributed by atoms with Gasteiger partial charge in [-0.15, -0.1) is 0 Å². The van der Waals surface area contributed by atoms with Gasteiger partial charge in [-0.2, -0.15) is 8.42 Å². The normalized spacial score (nSPS) is 12.5. The van der Waals surface area contributed by atoms with Gasteiger partial charge in [0.25, 0.3) is 10.1 Å². The molecule has 0 spiro atoms. The maximum absolute atomic E-state index is 12.6. The minimum atomic E-state index is -4.57. The van der Waals surface area contributed by atoms with E-state index < -0.39 is 10.1 Å². The van der Waals surface area contributed by atoms with E-state index in [1.54, 1.807) is 30.3 Å². The van der Waals surface area contributed by atoms with Crippen LogP contribution in [0.3, 0.4) is 0 Å². The van der Waals surface area contributed by atoms with Crippen molar-refractivity contribution in [1.82, 2.24) is 19.9 Å². The molecular formula is C26H18N4O3SZn. The zero-order valence-corrected chi connectivity index (χ0v) is 22.2. The molecule has 6 rings (SSSR count). The molecule has 1 aromatic carbocycles. The van der Waals surface area contributed by atoms with E-state index in [0.29, 0.717) is 28.0 Å². The van der Waals surface area contributed by atoms with Crippen LogP contribution in [0.2, 0.25) is 0 Å². The van der Waals surface area contributed by atoms with Crippen molar-refractivity contribution in [2.45, 2.75) is 4.90 Å². The number of H-pyrrole nitrogens is 2. The molecule has 0 fully saturated rings. The Morgan fingerprint density at radius 2 is 1.17 bits per heavy atom. The van der Waals surface area contributed by atoms with Crippen LogP contribution in [-0.4, -0.2) is 32.9 Å². The summed E-state index contributed by atoms with van der Waals surface area (Å²) in [7, 11) is -4.57. The van der Waals surface area contributed by atoms with Gasteiger partial charge >= 0.3 is 0 Å². The summed E-state index contributed by atoms with van der Waals surface area (Å²) in [6, 6.07) is 20.2. The predicted octanol–water partition coefficient (Wildman–Crippen LogP) is 5.57. The zero-order valence-electron chi connectivity index (χ0n) is 18.4. The average molecular weight is 532 g/mol. The van der Waals surface area contributed by atoms with E-state index in [1.807, 2.05) is 60.7 Å². The summed E-state index contributed by atoms with van der Waals surface area (Å²) in [5.41, 5.74) is 6.25. The molecule has 5 heterocycles. The van der Waals surface area contributed by atoms with Crippen LogP contribution >= 0.6 is 0 Å². The first kappa shape index (κ1) is 23.1. The molecule has 0 unspecified atom stereocenters. The van der Waals surface area contributed by atoms with Crippen LogP contribution in [0.1, 0.15) is 22.8 Å². The summed E-state index contributed by atoms with van der Waals surface area (Å²) >= 11 is 0. The third-order valence-electron chi connectivity index (χ3n) is 5.62. The Labute approximate surface area is 213 Å². The molecule has 0 atom stereocenters. The Morgan fingerprint density at radius 1 is 0.657 bits per heavy atom. The molecule has 2 aliphatic rings. The Hall–Kier alpha value is -3.65. The van der Waals surface area contributed by atoms with E-state index in [0.717, 1.165) is 22.4 Å². The van der Waals surface area contributed by atoms with Crippen LogP contribution in [0, 0.1) is 0 Å². The Kier molecular flexibility index (Phi) is 5.85. The fourth-order valence-corrected chi connectivity index (χ4v) is 5.09. The number of hydrogen-bond donors (Lipinski definition) is 3. The summed E-state index contributed by atoms with van der Waals surface area (Å²) in [5, 5.41) is 0. The smallest absolute Gasteiger partial charge is 0.297 e. The van der Waals surface area contributed by atoms with Crippen LogP contribution in [0.5, 0.6) is 0 Å². The molecule has 0 amide bonds. The summed E-state index contributed by atoms with van der Waals surface area (Å²) in [6.07, 6.45) is 7.39. The third-order valence-corrected chi connectivity index (χ3v) is 6.56. The fraction of sp³-hybridized carbons (Fsp3) is 0. The molecule has 0 saturated carbocycles. The summed E-state index contributed by atoms with van der Waals surface area (Å²) in [5.74, 6) is 0. The van der Waals surface area contributed by atoms with Crippen LogP contribution in [0.4, 0.5) is 0 Å². The van der Waals surface area contributed by atoms with E-state index in [9.17, 15) is 13.0 Å². The Morgan fingerprint density at radius 3 is 1.71 bits per heavy atom. The number of rotatable bonds is 2. The molecule has 7 nitrogen and oxygen atoms in total. The maximum Gasteiger partial charge on any atom is 0.297 e. The number of nitrogens with zero attached hydrogens (tertiary/aromatic N) is 2. The van der Waals surface area contributed by atoms with Gasteiger partial charge in [0, 0.05) is 36.1 Å². The number of nitrogens with one attached hydrogen (secondary N) is 2. The molecule has 0 aliphatic carbocycles. The largest absolute Gasteiger partial charge is 0.355 e. The van der Waals surface area contributed by atoms with Gasteiger partial charge in [-0.3, -0.25) is 4.55 Å². The van der Waals surface area contributed by atoms with Gasteiger partial charge < -0.3 is 9.97 Å². The van der Waals surface area contributed by atoms with Gasteiger partial charge in [-0.1, -0.05) is 30.3 Å². The number of hydrogen-bond acceptors (Lipinski definition) is 4. The minimum Gasteiger partial charge on any atom is -0.355 e. The maximum atomic E-state index is 12.6. The molecule has 0 radical (unpaired) electrons. The van der Waals surface area contributed by atoms with Crippen LogP contribution in [-0.2, 0) is 29.6 Å². The van der Waals surface area contributed by atoms with Crippen molar-refractivity contribution in [3.8, 4) is 11.1 Å². The van der Waals surface area contributed by atoms with Crippen molar-refractivity contribution in [3.05, 3.63) is 89.5 Å². The topological polar surface area (TPSA) is 112 Å². The first-order valence-corrected chi connectivity index (χ1v) is 12.0. The molecular weight excluding hydrogens is 514 g/mol. The van der Waals surface area contributed by atoms with E-state index in [1.165, 1.54) is 0 Å². The van der Waals surface area contributed by atoms with Gasteiger partial charge in [-0.25, -0.2) is 9.97 Å². The van der Waals surface area contributed by atoms with Crippen LogP contribution in [0.15, 0.2) is 71.6 Å². The van der Waals surface area contributed by atoms with Gasteiger partial charge in [0.05, 0.1) is 33.8 Å². The monoisotopic (exact) mass is 530 g/mol. The van der Waals surface area contributed by atoms with Crippen molar-refractivity contribution in [2.75, 3.05) is 0 Å². The fourth-order valence-electron chi connectivity index (χ4n) is 4.21. The van der Waals surface area contributed by atoms with E-state index >= 15 is 0 Å². The van der Waals surface area contributed by atoms with Crippen molar-refractivity contribution in [1.29, 1.82) is 0 Å². The van der Waals surface area contributed by atoms with Crippen molar-refractivity contribution < 1.29 is 32.4 Å². The predicted molar refractivity (Wildman–Crippen MR) is 134 cm³/mol. The third kappa shape index (κ3) is 4.53. The molecule has 4 aromatic rings. The molecule has 0 saturated heterocycles. The van der Waals surface area contributed by atoms with Gasteiger partial charge in [-0.05, 0) is 66.3 Å². The quantitative estimate of drug-likeness (QED) is 0.200. The van der Waals surface area contributed by atoms with Gasteiger partial charge in [0.15, 0.2) is 0 Å². The molecule has 3 aromatic heterocycles. The molecule has 35 heavy (non-hydrogen) atoms. The summed E-state index contributed by atoms with van der Waals surface area (Å²) in [4.78, 5) is 15.5. The number of benzene rings is 1.